The van der Waals surface area contributed by atoms with Gasteiger partial charge in [0.05, 0.1) is 18.8 Å². The molecular weight excluding hydrogens is 376 g/mol. The lowest BCUT2D eigenvalue weighted by Gasteiger charge is -2.24. The molecule has 1 amide bonds. The lowest BCUT2D eigenvalue weighted by Crippen LogP contribution is -2.47. The number of halogens is 1. The van der Waals surface area contributed by atoms with E-state index < -0.39 is 0 Å². The van der Waals surface area contributed by atoms with Crippen molar-refractivity contribution in [3.8, 4) is 0 Å². The van der Waals surface area contributed by atoms with E-state index in [0.29, 0.717) is 0 Å². The van der Waals surface area contributed by atoms with E-state index in [1.807, 2.05) is 29.6 Å². The standard InChI is InChI=1S/C16H21BrN4OS/c1-2-3-13(15(22)20-10-18)21-14(16-19-8-9-23-16)11-4-6-12(17)7-5-11/h4-9,13-14,21H,2-3,10,18H2,1H3,(H,20,22)/t13-,14-/m0/s1. The monoisotopic (exact) mass is 396 g/mol. The van der Waals surface area contributed by atoms with Gasteiger partial charge in [0.1, 0.15) is 5.01 Å². The van der Waals surface area contributed by atoms with Gasteiger partial charge in [0.15, 0.2) is 0 Å². The van der Waals surface area contributed by atoms with Gasteiger partial charge in [0.25, 0.3) is 0 Å². The van der Waals surface area contributed by atoms with Crippen molar-refractivity contribution in [1.82, 2.24) is 15.6 Å². The Balaban J connectivity index is 2.26. The molecule has 5 nitrogen and oxygen atoms in total. The molecule has 0 unspecified atom stereocenters. The first kappa shape index (κ1) is 18.1. The Labute approximate surface area is 148 Å². The number of amides is 1. The van der Waals surface area contributed by atoms with Crippen LogP contribution >= 0.6 is 27.3 Å². The van der Waals surface area contributed by atoms with Crippen molar-refractivity contribution in [3.05, 3.63) is 50.9 Å². The molecule has 0 bridgehead atoms. The number of hydrogen-bond acceptors (Lipinski definition) is 5. The number of aromatic nitrogens is 1. The smallest absolute Gasteiger partial charge is 0.238 e. The van der Waals surface area contributed by atoms with Crippen molar-refractivity contribution in [2.45, 2.75) is 31.8 Å². The normalized spacial score (nSPS) is 13.5. The van der Waals surface area contributed by atoms with Crippen LogP contribution in [0.5, 0.6) is 0 Å². The van der Waals surface area contributed by atoms with Gasteiger partial charge in [-0.2, -0.15) is 0 Å². The number of hydrogen-bond donors (Lipinski definition) is 3. The predicted molar refractivity (Wildman–Crippen MR) is 97.1 cm³/mol. The van der Waals surface area contributed by atoms with Crippen LogP contribution in [0.2, 0.25) is 0 Å². The summed E-state index contributed by atoms with van der Waals surface area (Å²) in [4.78, 5) is 16.7. The van der Waals surface area contributed by atoms with Crippen molar-refractivity contribution in [3.63, 3.8) is 0 Å². The molecule has 0 aliphatic carbocycles. The fraction of sp³-hybridized carbons (Fsp3) is 0.375. The third kappa shape index (κ3) is 5.10. The molecule has 0 saturated carbocycles. The summed E-state index contributed by atoms with van der Waals surface area (Å²) < 4.78 is 1.02. The maximum atomic E-state index is 12.2. The fourth-order valence-electron chi connectivity index (χ4n) is 2.35. The van der Waals surface area contributed by atoms with Gasteiger partial charge in [0.2, 0.25) is 5.91 Å². The van der Waals surface area contributed by atoms with Crippen LogP contribution in [-0.4, -0.2) is 23.6 Å². The number of carbonyl (C=O) groups is 1. The Morgan fingerprint density at radius 3 is 2.70 bits per heavy atom. The molecule has 1 aromatic carbocycles. The number of nitrogens with zero attached hydrogens (tertiary/aromatic N) is 1. The Morgan fingerprint density at radius 2 is 2.13 bits per heavy atom. The van der Waals surface area contributed by atoms with Crippen molar-refractivity contribution < 1.29 is 4.79 Å². The highest BCUT2D eigenvalue weighted by Crippen LogP contribution is 2.26. The Kier molecular flexibility index (Phi) is 7.16. The highest BCUT2D eigenvalue weighted by atomic mass is 79.9. The second-order valence-electron chi connectivity index (χ2n) is 5.11. The van der Waals surface area contributed by atoms with Crippen LogP contribution in [0.15, 0.2) is 40.3 Å². The molecule has 0 aliphatic heterocycles. The third-order valence-electron chi connectivity index (χ3n) is 3.44. The molecule has 0 spiro atoms. The molecule has 7 heteroatoms. The molecule has 1 heterocycles. The van der Waals surface area contributed by atoms with Gasteiger partial charge in [0, 0.05) is 16.0 Å². The first-order valence-corrected chi connectivity index (χ1v) is 9.21. The van der Waals surface area contributed by atoms with Crippen molar-refractivity contribution >= 4 is 33.2 Å². The number of carbonyl (C=O) groups excluding carboxylic acids is 1. The first-order chi connectivity index (χ1) is 11.2. The molecule has 0 radical (unpaired) electrons. The Hall–Kier alpha value is -1.28. The summed E-state index contributed by atoms with van der Waals surface area (Å²) in [5, 5.41) is 9.02. The SMILES string of the molecule is CCC[C@H](N[C@@H](c1ccc(Br)cc1)c1nccs1)C(=O)NCN. The number of thiazole rings is 1. The van der Waals surface area contributed by atoms with Crippen molar-refractivity contribution in [2.24, 2.45) is 5.73 Å². The fourth-order valence-corrected chi connectivity index (χ4v) is 3.33. The van der Waals surface area contributed by atoms with Crippen molar-refractivity contribution in [2.75, 3.05) is 6.67 Å². The topological polar surface area (TPSA) is 80.0 Å². The summed E-state index contributed by atoms with van der Waals surface area (Å²) in [6.07, 6.45) is 3.42. The van der Waals surface area contributed by atoms with E-state index in [-0.39, 0.29) is 24.7 Å². The van der Waals surface area contributed by atoms with Gasteiger partial charge in [-0.05, 0) is 24.1 Å². The largest absolute Gasteiger partial charge is 0.342 e. The maximum Gasteiger partial charge on any atom is 0.238 e. The minimum Gasteiger partial charge on any atom is -0.342 e. The number of nitrogens with two attached hydrogens (primary N) is 1. The summed E-state index contributed by atoms with van der Waals surface area (Å²) >= 11 is 5.02. The molecule has 0 fully saturated rings. The zero-order chi connectivity index (χ0) is 16.7. The maximum absolute atomic E-state index is 12.2. The molecule has 124 valence electrons. The molecule has 1 aromatic heterocycles. The summed E-state index contributed by atoms with van der Waals surface area (Å²) in [6, 6.07) is 7.63. The highest BCUT2D eigenvalue weighted by Gasteiger charge is 2.24. The van der Waals surface area contributed by atoms with E-state index in [4.69, 9.17) is 5.73 Å². The number of rotatable bonds is 8. The average Bonchev–Trinajstić information content (AvgIpc) is 3.07. The molecular formula is C16H21BrN4OS. The van der Waals surface area contributed by atoms with E-state index in [9.17, 15) is 4.79 Å². The van der Waals surface area contributed by atoms with E-state index in [1.54, 1.807) is 17.5 Å². The lowest BCUT2D eigenvalue weighted by atomic mass is 10.0. The molecule has 0 saturated heterocycles. The van der Waals surface area contributed by atoms with Crippen LogP contribution < -0.4 is 16.4 Å². The summed E-state index contributed by atoms with van der Waals surface area (Å²) in [6.45, 7) is 2.20. The van der Waals surface area contributed by atoms with Gasteiger partial charge >= 0.3 is 0 Å². The molecule has 4 N–H and O–H groups in total. The summed E-state index contributed by atoms with van der Waals surface area (Å²) in [5.74, 6) is -0.0759. The Morgan fingerprint density at radius 1 is 1.39 bits per heavy atom. The number of nitrogens with one attached hydrogen (secondary N) is 2. The number of benzene rings is 1. The van der Waals surface area contributed by atoms with Gasteiger partial charge in [-0.3, -0.25) is 10.1 Å². The average molecular weight is 397 g/mol. The quantitative estimate of drug-likeness (QED) is 0.599. The molecule has 0 aliphatic rings. The molecule has 2 aromatic rings. The highest BCUT2D eigenvalue weighted by molar-refractivity contribution is 9.10. The third-order valence-corrected chi connectivity index (χ3v) is 4.81. The second kappa shape index (κ2) is 9.12. The van der Waals surface area contributed by atoms with Crippen LogP contribution in [0.1, 0.15) is 36.4 Å². The summed E-state index contributed by atoms with van der Waals surface area (Å²) in [7, 11) is 0. The molecule has 23 heavy (non-hydrogen) atoms. The van der Waals surface area contributed by atoms with Crippen LogP contribution in [-0.2, 0) is 4.79 Å². The second-order valence-corrected chi connectivity index (χ2v) is 6.95. The van der Waals surface area contributed by atoms with Crippen LogP contribution in [0.4, 0.5) is 0 Å². The van der Waals surface area contributed by atoms with Gasteiger partial charge in [-0.1, -0.05) is 41.4 Å². The molecule has 2 rings (SSSR count). The van der Waals surface area contributed by atoms with Gasteiger partial charge in [-0.15, -0.1) is 11.3 Å². The minimum absolute atomic E-state index is 0.0759. The van der Waals surface area contributed by atoms with E-state index in [2.05, 4.69) is 38.5 Å². The van der Waals surface area contributed by atoms with E-state index in [0.717, 1.165) is 27.9 Å². The van der Waals surface area contributed by atoms with Crippen LogP contribution in [0, 0.1) is 0 Å². The first-order valence-electron chi connectivity index (χ1n) is 7.54. The van der Waals surface area contributed by atoms with Crippen LogP contribution in [0.3, 0.4) is 0 Å². The lowest BCUT2D eigenvalue weighted by molar-refractivity contribution is -0.123. The van der Waals surface area contributed by atoms with Gasteiger partial charge in [-0.25, -0.2) is 4.98 Å². The predicted octanol–water partition coefficient (Wildman–Crippen LogP) is 2.79. The zero-order valence-electron chi connectivity index (χ0n) is 13.0. The zero-order valence-corrected chi connectivity index (χ0v) is 15.4. The van der Waals surface area contributed by atoms with Gasteiger partial charge < -0.3 is 11.1 Å². The van der Waals surface area contributed by atoms with Crippen molar-refractivity contribution in [1.29, 1.82) is 0 Å². The summed E-state index contributed by atoms with van der Waals surface area (Å²) in [5.41, 5.74) is 6.52. The Bertz CT molecular complexity index is 603. The van der Waals surface area contributed by atoms with E-state index >= 15 is 0 Å². The van der Waals surface area contributed by atoms with E-state index in [1.165, 1.54) is 0 Å². The van der Waals surface area contributed by atoms with Crippen LogP contribution in [0.25, 0.3) is 0 Å². The minimum atomic E-state index is -0.305. The molecule has 2 atom stereocenters.